The molecule has 0 aliphatic carbocycles. The van der Waals surface area contributed by atoms with Gasteiger partial charge in [-0.3, -0.25) is 0 Å². The molecule has 0 fully saturated rings. The fourth-order valence-corrected chi connectivity index (χ4v) is 0.286. The lowest BCUT2D eigenvalue weighted by Crippen LogP contribution is -2.19. The van der Waals surface area contributed by atoms with E-state index in [-0.39, 0.29) is 0 Å². The van der Waals surface area contributed by atoms with E-state index in [0.717, 1.165) is 13.1 Å². The maximum absolute atomic E-state index is 5.22. The molecular weight excluding hydrogens is 88.1 g/mol. The van der Waals surface area contributed by atoms with Gasteiger partial charge in [0.05, 0.1) is 0 Å². The van der Waals surface area contributed by atoms with Gasteiger partial charge in [0.25, 0.3) is 0 Å². The van der Waals surface area contributed by atoms with E-state index < -0.39 is 0 Å². The van der Waals surface area contributed by atoms with Gasteiger partial charge >= 0.3 is 0 Å². The largest absolute Gasteiger partial charge is 0.401 e. The van der Waals surface area contributed by atoms with Crippen LogP contribution in [-0.2, 0) is 0 Å². The van der Waals surface area contributed by atoms with Gasteiger partial charge in [0.2, 0.25) is 0 Å². The van der Waals surface area contributed by atoms with Gasteiger partial charge in [0.1, 0.15) is 0 Å². The monoisotopic (exact) mass is 100 g/mol. The molecular formula is C5H12N2. The van der Waals surface area contributed by atoms with Crippen LogP contribution in [0.15, 0.2) is 12.3 Å². The molecule has 0 aromatic heterocycles. The Morgan fingerprint density at radius 1 is 1.86 bits per heavy atom. The van der Waals surface area contributed by atoms with Gasteiger partial charge in [-0.25, -0.2) is 0 Å². The molecule has 0 aromatic rings. The average Bonchev–Trinajstić information content (AvgIpc) is 1.61. The normalized spacial score (nSPS) is 8.71. The maximum Gasteiger partial charge on any atom is 0.0345 e. The zero-order chi connectivity index (χ0) is 5.70. The molecule has 42 valence electrons. The van der Waals surface area contributed by atoms with E-state index in [1.165, 1.54) is 0 Å². The summed E-state index contributed by atoms with van der Waals surface area (Å²) in [5.41, 5.74) is 5.92. The van der Waals surface area contributed by atoms with Crippen LogP contribution in [0.1, 0.15) is 6.92 Å². The minimum atomic E-state index is 0.696. The Balaban J connectivity index is 2.82. The van der Waals surface area contributed by atoms with Crippen LogP contribution >= 0.6 is 0 Å². The topological polar surface area (TPSA) is 38.0 Å². The van der Waals surface area contributed by atoms with Crippen molar-refractivity contribution >= 4 is 0 Å². The Hall–Kier alpha value is -0.500. The van der Waals surface area contributed by atoms with E-state index in [1.54, 1.807) is 0 Å². The summed E-state index contributed by atoms with van der Waals surface area (Å²) in [6, 6.07) is 0. The first-order valence-electron chi connectivity index (χ1n) is 2.41. The molecule has 0 radical (unpaired) electrons. The van der Waals surface area contributed by atoms with Crippen LogP contribution in [0.4, 0.5) is 0 Å². The zero-order valence-corrected chi connectivity index (χ0v) is 4.70. The molecule has 0 aliphatic rings. The quantitative estimate of drug-likeness (QED) is 0.526. The summed E-state index contributed by atoms with van der Waals surface area (Å²) in [5.74, 6) is 0. The molecule has 3 N–H and O–H groups in total. The molecule has 0 saturated heterocycles. The Labute approximate surface area is 44.4 Å². The van der Waals surface area contributed by atoms with Crippen LogP contribution in [0.25, 0.3) is 0 Å². The van der Waals surface area contributed by atoms with Crippen LogP contribution in [0.3, 0.4) is 0 Å². The van der Waals surface area contributed by atoms with Crippen molar-refractivity contribution in [1.29, 1.82) is 0 Å². The minimum Gasteiger partial charge on any atom is -0.401 e. The van der Waals surface area contributed by atoms with Crippen molar-refractivity contribution in [2.75, 3.05) is 13.1 Å². The SMILES string of the molecule is C=C(N)CNCC. The lowest BCUT2D eigenvalue weighted by molar-refractivity contribution is 0.772. The minimum absolute atomic E-state index is 0.696. The molecule has 0 bridgehead atoms. The number of rotatable bonds is 3. The molecule has 0 atom stereocenters. The molecule has 0 saturated carbocycles. The van der Waals surface area contributed by atoms with E-state index >= 15 is 0 Å². The highest BCUT2D eigenvalue weighted by molar-refractivity contribution is 4.87. The first-order valence-corrected chi connectivity index (χ1v) is 2.41. The third-order valence-electron chi connectivity index (χ3n) is 0.602. The summed E-state index contributed by atoms with van der Waals surface area (Å²) in [5, 5.41) is 3.02. The van der Waals surface area contributed by atoms with Crippen LogP contribution in [0.5, 0.6) is 0 Å². The van der Waals surface area contributed by atoms with Crippen molar-refractivity contribution in [3.63, 3.8) is 0 Å². The third-order valence-corrected chi connectivity index (χ3v) is 0.602. The maximum atomic E-state index is 5.22. The zero-order valence-electron chi connectivity index (χ0n) is 4.70. The lowest BCUT2D eigenvalue weighted by atomic mass is 10.5. The third kappa shape index (κ3) is 5.50. The highest BCUT2D eigenvalue weighted by Gasteiger charge is 1.78. The average molecular weight is 100 g/mol. The summed E-state index contributed by atoms with van der Waals surface area (Å²) < 4.78 is 0. The first-order chi connectivity index (χ1) is 3.27. The van der Waals surface area contributed by atoms with Crippen LogP contribution < -0.4 is 11.1 Å². The van der Waals surface area contributed by atoms with E-state index in [4.69, 9.17) is 5.73 Å². The molecule has 2 nitrogen and oxygen atoms in total. The summed E-state index contributed by atoms with van der Waals surface area (Å²) in [6.07, 6.45) is 0. The summed E-state index contributed by atoms with van der Waals surface area (Å²) in [6.45, 7) is 7.23. The highest BCUT2D eigenvalue weighted by Crippen LogP contribution is 1.67. The predicted octanol–water partition coefficient (Wildman–Crippen LogP) is 0.0683. The van der Waals surface area contributed by atoms with Crippen molar-refractivity contribution in [3.05, 3.63) is 12.3 Å². The van der Waals surface area contributed by atoms with Crippen LogP contribution in [0.2, 0.25) is 0 Å². The first kappa shape index (κ1) is 6.50. The van der Waals surface area contributed by atoms with Gasteiger partial charge < -0.3 is 11.1 Å². The fourth-order valence-electron chi connectivity index (χ4n) is 0.286. The van der Waals surface area contributed by atoms with Gasteiger partial charge in [-0.1, -0.05) is 13.5 Å². The van der Waals surface area contributed by atoms with E-state index in [0.29, 0.717) is 5.70 Å². The second-order valence-corrected chi connectivity index (χ2v) is 1.44. The smallest absolute Gasteiger partial charge is 0.0345 e. The van der Waals surface area contributed by atoms with Crippen molar-refractivity contribution in [2.45, 2.75) is 6.92 Å². The number of likely N-dealkylation sites (N-methyl/N-ethyl adjacent to an activating group) is 1. The number of hydrogen-bond donors (Lipinski definition) is 2. The summed E-state index contributed by atoms with van der Waals surface area (Å²) in [7, 11) is 0. The summed E-state index contributed by atoms with van der Waals surface area (Å²) in [4.78, 5) is 0. The Bertz CT molecular complexity index is 59.1. The Morgan fingerprint density at radius 2 is 2.43 bits per heavy atom. The molecule has 0 rings (SSSR count). The van der Waals surface area contributed by atoms with Crippen LogP contribution in [0, 0.1) is 0 Å². The van der Waals surface area contributed by atoms with Gasteiger partial charge in [-0.2, -0.15) is 0 Å². The number of nitrogens with two attached hydrogens (primary N) is 1. The van der Waals surface area contributed by atoms with Crippen LogP contribution in [-0.4, -0.2) is 13.1 Å². The van der Waals surface area contributed by atoms with E-state index in [1.807, 2.05) is 6.92 Å². The standard InChI is InChI=1S/C5H12N2/c1-3-7-4-5(2)6/h7H,2-4,6H2,1H3. The van der Waals surface area contributed by atoms with E-state index in [9.17, 15) is 0 Å². The van der Waals surface area contributed by atoms with Gasteiger partial charge in [-0.15, -0.1) is 0 Å². The second kappa shape index (κ2) is 3.68. The van der Waals surface area contributed by atoms with Crippen molar-refractivity contribution in [3.8, 4) is 0 Å². The fraction of sp³-hybridized carbons (Fsp3) is 0.600. The van der Waals surface area contributed by atoms with Gasteiger partial charge in [-0.05, 0) is 6.54 Å². The van der Waals surface area contributed by atoms with Gasteiger partial charge in [0, 0.05) is 12.2 Å². The molecule has 0 spiro atoms. The molecule has 0 heterocycles. The molecule has 7 heavy (non-hydrogen) atoms. The molecule has 0 unspecified atom stereocenters. The molecule has 0 amide bonds. The van der Waals surface area contributed by atoms with Crippen molar-refractivity contribution < 1.29 is 0 Å². The van der Waals surface area contributed by atoms with E-state index in [2.05, 4.69) is 11.9 Å². The Morgan fingerprint density at radius 3 is 2.57 bits per heavy atom. The van der Waals surface area contributed by atoms with Gasteiger partial charge in [0.15, 0.2) is 0 Å². The Kier molecular flexibility index (Phi) is 3.42. The van der Waals surface area contributed by atoms with Crippen molar-refractivity contribution in [1.82, 2.24) is 5.32 Å². The predicted molar refractivity (Wildman–Crippen MR) is 31.9 cm³/mol. The number of nitrogens with one attached hydrogen (secondary N) is 1. The summed E-state index contributed by atoms with van der Waals surface area (Å²) >= 11 is 0. The molecule has 0 aromatic carbocycles. The highest BCUT2D eigenvalue weighted by atomic mass is 14.9. The number of hydrogen-bond acceptors (Lipinski definition) is 2. The van der Waals surface area contributed by atoms with Crippen molar-refractivity contribution in [2.24, 2.45) is 5.73 Å². The lowest BCUT2D eigenvalue weighted by Gasteiger charge is -1.96. The molecule has 2 heteroatoms. The molecule has 0 aliphatic heterocycles. The second-order valence-electron chi connectivity index (χ2n) is 1.44.